The van der Waals surface area contributed by atoms with Gasteiger partial charge in [-0.3, -0.25) is 4.98 Å². The molecule has 5 nitrogen and oxygen atoms in total. The van der Waals surface area contributed by atoms with Gasteiger partial charge in [0.2, 0.25) is 10.0 Å². The van der Waals surface area contributed by atoms with E-state index in [9.17, 15) is 26.0 Å². The Kier molecular flexibility index (Phi) is 4.82. The number of aromatic nitrogens is 1. The fraction of sp³-hybridized carbons (Fsp3) is 0.444. The topological polar surface area (TPSA) is 85.1 Å². The van der Waals surface area contributed by atoms with Gasteiger partial charge in [0.1, 0.15) is 4.90 Å². The zero-order valence-electron chi connectivity index (χ0n) is 9.48. The molecule has 0 aliphatic rings. The largest absolute Gasteiger partial charge is 0.325 e. The number of pyridine rings is 1. The third-order valence-corrected chi connectivity index (χ3v) is 3.52. The number of hydrogen-bond donors (Lipinski definition) is 2. The number of halogens is 4. The number of nitrogens with one attached hydrogen (secondary N) is 1. The number of nitrogens with zero attached hydrogens (tertiary/aromatic N) is 1. The molecule has 0 aromatic carbocycles. The first-order chi connectivity index (χ1) is 8.69. The van der Waals surface area contributed by atoms with E-state index in [1.165, 1.54) is 10.8 Å². The highest BCUT2D eigenvalue weighted by molar-refractivity contribution is 7.89. The van der Waals surface area contributed by atoms with Crippen molar-refractivity contribution in [1.82, 2.24) is 9.71 Å². The van der Waals surface area contributed by atoms with E-state index >= 15 is 0 Å². The molecule has 19 heavy (non-hydrogen) atoms. The molecular weight excluding hydrogens is 290 g/mol. The summed E-state index contributed by atoms with van der Waals surface area (Å²) < 4.78 is 73.4. The smallest absolute Gasteiger partial charge is 0.320 e. The molecule has 3 N–H and O–H groups in total. The quantitative estimate of drug-likeness (QED) is 0.758. The normalized spacial score (nSPS) is 12.9. The van der Waals surface area contributed by atoms with Crippen LogP contribution in [-0.4, -0.2) is 32.3 Å². The lowest BCUT2D eigenvalue weighted by molar-refractivity contribution is -0.122. The molecule has 0 saturated heterocycles. The summed E-state index contributed by atoms with van der Waals surface area (Å²) in [6, 6.07) is 2.39. The molecule has 108 valence electrons. The first kappa shape index (κ1) is 15.8. The Bertz CT molecular complexity index is 519. The lowest BCUT2D eigenvalue weighted by Crippen LogP contribution is -2.41. The van der Waals surface area contributed by atoms with Gasteiger partial charge in [0, 0.05) is 12.7 Å². The van der Waals surface area contributed by atoms with E-state index in [0.29, 0.717) is 5.69 Å². The SMILES string of the molecule is NCc1ccc(S(=O)(=O)NCC(F)(F)C(F)F)cn1. The molecule has 0 aliphatic carbocycles. The highest BCUT2D eigenvalue weighted by Gasteiger charge is 2.41. The van der Waals surface area contributed by atoms with Crippen LogP contribution in [0.5, 0.6) is 0 Å². The third kappa shape index (κ3) is 4.11. The van der Waals surface area contributed by atoms with Crippen LogP contribution in [-0.2, 0) is 16.6 Å². The van der Waals surface area contributed by atoms with Gasteiger partial charge in [0.15, 0.2) is 0 Å². The maximum Gasteiger partial charge on any atom is 0.320 e. The molecule has 10 heteroatoms. The molecule has 0 aliphatic heterocycles. The predicted octanol–water partition coefficient (Wildman–Crippen LogP) is 0.719. The van der Waals surface area contributed by atoms with Crippen LogP contribution in [0.2, 0.25) is 0 Å². The van der Waals surface area contributed by atoms with Crippen molar-refractivity contribution in [1.29, 1.82) is 0 Å². The van der Waals surface area contributed by atoms with Gasteiger partial charge in [-0.2, -0.15) is 8.78 Å². The van der Waals surface area contributed by atoms with Crippen LogP contribution in [0.3, 0.4) is 0 Å². The van der Waals surface area contributed by atoms with E-state index in [1.807, 2.05) is 0 Å². The fourth-order valence-electron chi connectivity index (χ4n) is 1.04. The number of nitrogens with two attached hydrogens (primary N) is 1. The number of sulfonamides is 1. The molecule has 0 radical (unpaired) electrons. The van der Waals surface area contributed by atoms with Crippen LogP contribution >= 0.6 is 0 Å². The van der Waals surface area contributed by atoms with E-state index < -0.39 is 33.8 Å². The minimum absolute atomic E-state index is 0.0806. The minimum Gasteiger partial charge on any atom is -0.325 e. The summed E-state index contributed by atoms with van der Waals surface area (Å²) in [7, 11) is -4.32. The van der Waals surface area contributed by atoms with Crippen LogP contribution in [0.4, 0.5) is 17.6 Å². The Hall–Kier alpha value is -1.26. The molecule has 1 aromatic rings. The second-order valence-corrected chi connectivity index (χ2v) is 5.34. The molecule has 0 amide bonds. The Morgan fingerprint density at radius 1 is 1.37 bits per heavy atom. The maximum absolute atomic E-state index is 12.6. The van der Waals surface area contributed by atoms with Gasteiger partial charge in [-0.15, -0.1) is 0 Å². The summed E-state index contributed by atoms with van der Waals surface area (Å²) in [6.07, 6.45) is -3.04. The highest BCUT2D eigenvalue weighted by Crippen LogP contribution is 2.22. The standard InChI is InChI=1S/C9H11F4N3O2S/c10-8(11)9(12,13)5-16-19(17,18)7-2-1-6(3-14)15-4-7/h1-2,4,8,16H,3,5,14H2. The number of alkyl halides is 4. The highest BCUT2D eigenvalue weighted by atomic mass is 32.2. The number of hydrogen-bond acceptors (Lipinski definition) is 4. The fourth-order valence-corrected chi connectivity index (χ4v) is 2.03. The van der Waals surface area contributed by atoms with Gasteiger partial charge in [0.25, 0.3) is 0 Å². The monoisotopic (exact) mass is 301 g/mol. The lowest BCUT2D eigenvalue weighted by Gasteiger charge is -2.15. The zero-order chi connectivity index (χ0) is 14.7. The molecule has 0 bridgehead atoms. The summed E-state index contributed by atoms with van der Waals surface area (Å²) >= 11 is 0. The number of rotatable bonds is 6. The Morgan fingerprint density at radius 3 is 2.42 bits per heavy atom. The molecule has 0 atom stereocenters. The van der Waals surface area contributed by atoms with Crippen molar-refractivity contribution in [3.8, 4) is 0 Å². The van der Waals surface area contributed by atoms with E-state index in [0.717, 1.165) is 12.3 Å². The Morgan fingerprint density at radius 2 is 2.00 bits per heavy atom. The van der Waals surface area contributed by atoms with E-state index in [4.69, 9.17) is 5.73 Å². The second-order valence-electron chi connectivity index (χ2n) is 3.58. The minimum atomic E-state index is -4.43. The van der Waals surface area contributed by atoms with Crippen molar-refractivity contribution in [3.05, 3.63) is 24.0 Å². The molecule has 1 heterocycles. The van der Waals surface area contributed by atoms with Gasteiger partial charge < -0.3 is 5.73 Å². The summed E-state index contributed by atoms with van der Waals surface area (Å²) in [5.41, 5.74) is 5.65. The third-order valence-electron chi connectivity index (χ3n) is 2.13. The summed E-state index contributed by atoms with van der Waals surface area (Å²) in [6.45, 7) is -1.61. The van der Waals surface area contributed by atoms with Crippen molar-refractivity contribution in [3.63, 3.8) is 0 Å². The van der Waals surface area contributed by atoms with Gasteiger partial charge in [-0.25, -0.2) is 21.9 Å². The van der Waals surface area contributed by atoms with Crippen LogP contribution in [0, 0.1) is 0 Å². The predicted molar refractivity (Wildman–Crippen MR) is 58.3 cm³/mol. The van der Waals surface area contributed by atoms with Gasteiger partial charge in [0.05, 0.1) is 12.2 Å². The van der Waals surface area contributed by atoms with Crippen molar-refractivity contribution < 1.29 is 26.0 Å². The van der Waals surface area contributed by atoms with E-state index in [1.54, 1.807) is 0 Å². The molecule has 0 spiro atoms. The van der Waals surface area contributed by atoms with Crippen LogP contribution in [0.1, 0.15) is 5.69 Å². The lowest BCUT2D eigenvalue weighted by atomic mass is 10.4. The van der Waals surface area contributed by atoms with Crippen LogP contribution < -0.4 is 10.5 Å². The molecule has 0 fully saturated rings. The molecule has 1 aromatic heterocycles. The molecular formula is C9H11F4N3O2S. The first-order valence-corrected chi connectivity index (χ1v) is 6.48. The van der Waals surface area contributed by atoms with Crippen molar-refractivity contribution >= 4 is 10.0 Å². The molecule has 1 rings (SSSR count). The van der Waals surface area contributed by atoms with Gasteiger partial charge >= 0.3 is 12.3 Å². The van der Waals surface area contributed by atoms with Crippen LogP contribution in [0.25, 0.3) is 0 Å². The zero-order valence-corrected chi connectivity index (χ0v) is 10.3. The first-order valence-electron chi connectivity index (χ1n) is 4.99. The van der Waals surface area contributed by atoms with E-state index in [-0.39, 0.29) is 6.54 Å². The van der Waals surface area contributed by atoms with E-state index in [2.05, 4.69) is 4.98 Å². The summed E-state index contributed by atoms with van der Waals surface area (Å²) in [4.78, 5) is 3.26. The van der Waals surface area contributed by atoms with Crippen molar-refractivity contribution in [2.45, 2.75) is 23.8 Å². The average Bonchev–Trinajstić information content (AvgIpc) is 2.36. The van der Waals surface area contributed by atoms with Gasteiger partial charge in [-0.05, 0) is 12.1 Å². The Balaban J connectivity index is 2.81. The van der Waals surface area contributed by atoms with Crippen LogP contribution in [0.15, 0.2) is 23.2 Å². The summed E-state index contributed by atoms with van der Waals surface area (Å²) in [5.74, 6) is -4.43. The summed E-state index contributed by atoms with van der Waals surface area (Å²) in [5, 5.41) is 0. The maximum atomic E-state index is 12.6. The molecule has 0 saturated carbocycles. The Labute approximate surface area is 106 Å². The average molecular weight is 301 g/mol. The van der Waals surface area contributed by atoms with Crippen molar-refractivity contribution in [2.75, 3.05) is 6.54 Å². The van der Waals surface area contributed by atoms with Gasteiger partial charge in [-0.1, -0.05) is 0 Å². The second kappa shape index (κ2) is 5.80. The van der Waals surface area contributed by atoms with Crippen molar-refractivity contribution in [2.24, 2.45) is 5.73 Å². The molecule has 0 unspecified atom stereocenters.